The zero-order chi connectivity index (χ0) is 21.9. The number of hydrogen-bond acceptors (Lipinski definition) is 0. The molecule has 0 aliphatic carbocycles. The van der Waals surface area contributed by atoms with Gasteiger partial charge in [-0.25, -0.2) is 0 Å². The van der Waals surface area contributed by atoms with Gasteiger partial charge >= 0.3 is 0 Å². The van der Waals surface area contributed by atoms with Gasteiger partial charge in [-0.2, -0.15) is 0 Å². The molecule has 0 fully saturated rings. The van der Waals surface area contributed by atoms with Crippen LogP contribution in [0.15, 0.2) is 38.0 Å². The highest BCUT2D eigenvalue weighted by Crippen LogP contribution is 2.08. The van der Waals surface area contributed by atoms with Crippen LogP contribution in [0.4, 0.5) is 0 Å². The van der Waals surface area contributed by atoms with Crippen LogP contribution in [0.25, 0.3) is 0 Å². The quantitative estimate of drug-likeness (QED) is 0.414. The fourth-order valence-electron chi connectivity index (χ4n) is 1.23. The van der Waals surface area contributed by atoms with Gasteiger partial charge in [-0.3, -0.25) is 0 Å². The van der Waals surface area contributed by atoms with E-state index in [0.717, 1.165) is 5.92 Å². The first-order valence-corrected chi connectivity index (χ1v) is 10.9. The first kappa shape index (κ1) is 44.0. The molecule has 0 nitrogen and oxygen atoms in total. The summed E-state index contributed by atoms with van der Waals surface area (Å²) in [7, 11) is 0. The molecule has 0 amide bonds. The Hall–Kier alpha value is -0.780. The van der Waals surface area contributed by atoms with Gasteiger partial charge in [0.15, 0.2) is 0 Å². The molecule has 0 saturated heterocycles. The van der Waals surface area contributed by atoms with Gasteiger partial charge in [0.2, 0.25) is 0 Å². The first-order valence-electron chi connectivity index (χ1n) is 10.9. The second-order valence-corrected chi connectivity index (χ2v) is 4.48. The first-order chi connectivity index (χ1) is 12.1. The molecule has 158 valence electrons. The lowest BCUT2D eigenvalue weighted by atomic mass is 10.0. The molecule has 0 aromatic rings. The van der Waals surface area contributed by atoms with Crippen molar-refractivity contribution in [1.82, 2.24) is 0 Å². The highest BCUT2D eigenvalue weighted by Gasteiger charge is 1.94. The zero-order valence-electron chi connectivity index (χ0n) is 20.7. The summed E-state index contributed by atoms with van der Waals surface area (Å²) < 4.78 is 0. The summed E-state index contributed by atoms with van der Waals surface area (Å²) in [5.74, 6) is 0.845. The van der Waals surface area contributed by atoms with Crippen LogP contribution < -0.4 is 0 Å². The van der Waals surface area contributed by atoms with Crippen molar-refractivity contribution in [3.63, 3.8) is 0 Å². The van der Waals surface area contributed by atoms with E-state index in [-0.39, 0.29) is 0 Å². The molecular formula is C25H58. The monoisotopic (exact) mass is 358 g/mol. The van der Waals surface area contributed by atoms with Crippen molar-refractivity contribution in [1.29, 1.82) is 0 Å². The van der Waals surface area contributed by atoms with Crippen molar-refractivity contribution in [3.8, 4) is 0 Å². The highest BCUT2D eigenvalue weighted by atomic mass is 14.0. The van der Waals surface area contributed by atoms with E-state index >= 15 is 0 Å². The second-order valence-electron chi connectivity index (χ2n) is 4.48. The van der Waals surface area contributed by atoms with Gasteiger partial charge in [0.05, 0.1) is 0 Å². The molecule has 0 rings (SSSR count). The van der Waals surface area contributed by atoms with Gasteiger partial charge in [-0.15, -0.1) is 19.7 Å². The highest BCUT2D eigenvalue weighted by molar-refractivity contribution is 4.75. The molecule has 0 heterocycles. The molecule has 0 spiro atoms. The van der Waals surface area contributed by atoms with Crippen LogP contribution in [0.2, 0.25) is 0 Å². The molecule has 0 N–H and O–H groups in total. The maximum atomic E-state index is 3.68. The van der Waals surface area contributed by atoms with Crippen LogP contribution in [-0.2, 0) is 0 Å². The van der Waals surface area contributed by atoms with Crippen LogP contribution in [0, 0.1) is 5.92 Å². The molecule has 0 aromatic heterocycles. The second kappa shape index (κ2) is 91.1. The van der Waals surface area contributed by atoms with Gasteiger partial charge in [0, 0.05) is 0 Å². The maximum Gasteiger partial charge on any atom is -0.0328 e. The van der Waals surface area contributed by atoms with E-state index in [2.05, 4.69) is 73.4 Å². The molecule has 0 aliphatic heterocycles. The van der Waals surface area contributed by atoms with E-state index in [1.807, 2.05) is 47.6 Å². The molecule has 0 aliphatic rings. The van der Waals surface area contributed by atoms with E-state index in [4.69, 9.17) is 0 Å². The average Bonchev–Trinajstić information content (AvgIpc) is 2.68. The van der Waals surface area contributed by atoms with Crippen LogP contribution in [-0.4, -0.2) is 0 Å². The Balaban J connectivity index is -0.0000000338. The van der Waals surface area contributed by atoms with E-state index in [9.17, 15) is 0 Å². The fourth-order valence-corrected chi connectivity index (χ4v) is 1.23. The van der Waals surface area contributed by atoms with Gasteiger partial charge in [0.25, 0.3) is 0 Å². The fraction of sp³-hybridized carbons (Fsp3) is 0.760. The summed E-state index contributed by atoms with van der Waals surface area (Å²) in [5, 5.41) is 0. The Morgan fingerprint density at radius 2 is 1.16 bits per heavy atom. The normalized spacial score (nSPS) is 8.32. The zero-order valence-corrected chi connectivity index (χ0v) is 20.7. The minimum Gasteiger partial charge on any atom is -0.106 e. The number of hydrogen-bond donors (Lipinski definition) is 0. The summed E-state index contributed by atoms with van der Waals surface area (Å²) in [4.78, 5) is 0. The molecule has 0 bridgehead atoms. The van der Waals surface area contributed by atoms with E-state index < -0.39 is 0 Å². The third-order valence-electron chi connectivity index (χ3n) is 2.04. The Bertz CT molecular complexity index is 144. The van der Waals surface area contributed by atoms with Crippen molar-refractivity contribution in [2.24, 2.45) is 5.92 Å². The number of allylic oxidation sites excluding steroid dienone is 3. The van der Waals surface area contributed by atoms with Crippen molar-refractivity contribution >= 4 is 0 Å². The van der Waals surface area contributed by atoms with Crippen molar-refractivity contribution in [3.05, 3.63) is 38.0 Å². The standard InChI is InChI=1S/C8H16.C6H12.C3H8.3C2H6.C2H4/c1-4-6-8(3)7-5-2;1-3-5-6-4-2;1-3-2;4*1-2/h4,8H,1,5-7H2,2-3H3;3,5H,4,6H2,1-2H3;3H2,1-2H3;3*1-2H3;1-2H2/b;5-3+;;;;;. The van der Waals surface area contributed by atoms with Gasteiger partial charge in [-0.05, 0) is 25.7 Å². The molecular weight excluding hydrogens is 300 g/mol. The predicted octanol–water partition coefficient (Wildman–Crippen LogP) is 10.7. The molecule has 1 unspecified atom stereocenters. The Labute approximate surface area is 165 Å². The minimum atomic E-state index is 0.845. The maximum absolute atomic E-state index is 3.68. The molecule has 25 heavy (non-hydrogen) atoms. The summed E-state index contributed by atoms with van der Waals surface area (Å²) in [6.07, 6.45) is 13.8. The topological polar surface area (TPSA) is 0 Å². The Morgan fingerprint density at radius 3 is 1.32 bits per heavy atom. The molecule has 1 atom stereocenters. The number of rotatable bonds is 6. The largest absolute Gasteiger partial charge is 0.106 e. The summed E-state index contributed by atoms with van der Waals surface area (Å²) in [5.41, 5.74) is 0. The van der Waals surface area contributed by atoms with Gasteiger partial charge in [-0.1, -0.05) is 120 Å². The predicted molar refractivity (Wildman–Crippen MR) is 130 cm³/mol. The van der Waals surface area contributed by atoms with Gasteiger partial charge < -0.3 is 0 Å². The lowest BCUT2D eigenvalue weighted by molar-refractivity contribution is 0.532. The average molecular weight is 359 g/mol. The third kappa shape index (κ3) is 155. The van der Waals surface area contributed by atoms with Crippen LogP contribution in [0.1, 0.15) is 122 Å². The van der Waals surface area contributed by atoms with E-state index in [1.54, 1.807) is 0 Å². The molecule has 0 radical (unpaired) electrons. The Morgan fingerprint density at radius 1 is 0.800 bits per heavy atom. The Kier molecular flexibility index (Phi) is 160. The summed E-state index contributed by atoms with van der Waals surface area (Å²) >= 11 is 0. The van der Waals surface area contributed by atoms with E-state index in [0.29, 0.717) is 0 Å². The minimum absolute atomic E-state index is 0.845. The lowest BCUT2D eigenvalue weighted by Crippen LogP contribution is -1.89. The van der Waals surface area contributed by atoms with Crippen molar-refractivity contribution < 1.29 is 0 Å². The lowest BCUT2D eigenvalue weighted by Gasteiger charge is -2.03. The summed E-state index contributed by atoms with van der Waals surface area (Å²) in [6.45, 7) is 34.7. The number of unbranched alkanes of at least 4 members (excludes halogenated alkanes) is 1. The van der Waals surface area contributed by atoms with Crippen molar-refractivity contribution in [2.45, 2.75) is 122 Å². The van der Waals surface area contributed by atoms with Gasteiger partial charge in [0.1, 0.15) is 0 Å². The van der Waals surface area contributed by atoms with Crippen LogP contribution in [0.5, 0.6) is 0 Å². The third-order valence-corrected chi connectivity index (χ3v) is 2.04. The van der Waals surface area contributed by atoms with E-state index in [1.165, 1.54) is 38.5 Å². The SMILES string of the molecule is C/C=C/CCC.C=C.C=CCC(C)CCC.CC.CC.CC.CCC. The molecule has 0 heteroatoms. The van der Waals surface area contributed by atoms with Crippen LogP contribution >= 0.6 is 0 Å². The van der Waals surface area contributed by atoms with Crippen LogP contribution in [0.3, 0.4) is 0 Å². The molecule has 0 saturated carbocycles. The van der Waals surface area contributed by atoms with Crippen molar-refractivity contribution in [2.75, 3.05) is 0 Å². The smallest absolute Gasteiger partial charge is 0.0328 e. The summed E-state index contributed by atoms with van der Waals surface area (Å²) in [6, 6.07) is 0. The molecule has 0 aromatic carbocycles.